The largest absolute Gasteiger partial charge is 0.388 e. The second-order valence-corrected chi connectivity index (χ2v) is 5.77. The van der Waals surface area contributed by atoms with Crippen molar-refractivity contribution in [2.75, 3.05) is 12.3 Å². The summed E-state index contributed by atoms with van der Waals surface area (Å²) in [7, 11) is 0. The molecule has 0 aromatic heterocycles. The second-order valence-electron chi connectivity index (χ2n) is 4.54. The minimum atomic E-state index is -0.493. The number of rotatable bonds is 4. The van der Waals surface area contributed by atoms with Crippen molar-refractivity contribution in [3.63, 3.8) is 0 Å². The van der Waals surface area contributed by atoms with Gasteiger partial charge >= 0.3 is 0 Å². The monoisotopic (exact) mass is 265 g/mol. The molecule has 98 valence electrons. The van der Waals surface area contributed by atoms with Gasteiger partial charge < -0.3 is 10.4 Å². The lowest BCUT2D eigenvalue weighted by atomic mass is 10.1. The molecule has 0 aliphatic carbocycles. The Hall–Kier alpha value is -1.00. The molecule has 2 atom stereocenters. The van der Waals surface area contributed by atoms with E-state index in [1.54, 1.807) is 11.8 Å². The fraction of sp³-hybridized carbons (Fsp3) is 0.500. The van der Waals surface area contributed by atoms with E-state index in [2.05, 4.69) is 5.32 Å². The van der Waals surface area contributed by atoms with Gasteiger partial charge in [0.1, 0.15) is 0 Å². The Bertz CT molecular complexity index is 383. The number of carbonyl (C=O) groups excluding carboxylic acids is 1. The van der Waals surface area contributed by atoms with Crippen LogP contribution < -0.4 is 5.32 Å². The van der Waals surface area contributed by atoms with Gasteiger partial charge in [-0.25, -0.2) is 0 Å². The molecule has 1 aromatic carbocycles. The summed E-state index contributed by atoms with van der Waals surface area (Å²) in [6.45, 7) is 0.789. The molecule has 1 saturated heterocycles. The Morgan fingerprint density at radius 3 is 2.89 bits per heavy atom. The zero-order chi connectivity index (χ0) is 12.8. The first-order chi connectivity index (χ1) is 8.77. The van der Waals surface area contributed by atoms with Crippen LogP contribution >= 0.6 is 11.8 Å². The van der Waals surface area contributed by atoms with E-state index in [0.717, 1.165) is 31.4 Å². The highest BCUT2D eigenvalue weighted by Gasteiger charge is 2.22. The minimum absolute atomic E-state index is 0.00846. The maximum atomic E-state index is 11.7. The number of hydrogen-bond donors (Lipinski definition) is 2. The minimum Gasteiger partial charge on any atom is -0.388 e. The zero-order valence-electron chi connectivity index (χ0n) is 10.3. The van der Waals surface area contributed by atoms with E-state index in [4.69, 9.17) is 0 Å². The summed E-state index contributed by atoms with van der Waals surface area (Å²) in [6.07, 6.45) is 2.56. The van der Waals surface area contributed by atoms with Crippen LogP contribution in [0.1, 0.15) is 30.9 Å². The topological polar surface area (TPSA) is 49.3 Å². The van der Waals surface area contributed by atoms with Gasteiger partial charge in [0.15, 0.2) is 0 Å². The van der Waals surface area contributed by atoms with Crippen LogP contribution in [0.15, 0.2) is 30.3 Å². The zero-order valence-corrected chi connectivity index (χ0v) is 11.2. The summed E-state index contributed by atoms with van der Waals surface area (Å²) >= 11 is 1.56. The number of benzene rings is 1. The maximum absolute atomic E-state index is 11.7. The summed E-state index contributed by atoms with van der Waals surface area (Å²) < 4.78 is 0. The number of nitrogens with one attached hydrogen (secondary N) is 1. The van der Waals surface area contributed by atoms with E-state index < -0.39 is 6.10 Å². The Balaban J connectivity index is 1.85. The number of thioether (sulfide) groups is 1. The summed E-state index contributed by atoms with van der Waals surface area (Å²) in [4.78, 5) is 11.7. The molecule has 2 N–H and O–H groups in total. The third-order valence-corrected chi connectivity index (χ3v) is 4.48. The second kappa shape index (κ2) is 6.81. The van der Waals surface area contributed by atoms with Crippen molar-refractivity contribution >= 4 is 17.7 Å². The Morgan fingerprint density at radius 2 is 2.11 bits per heavy atom. The van der Waals surface area contributed by atoms with Crippen molar-refractivity contribution in [3.05, 3.63) is 35.9 Å². The van der Waals surface area contributed by atoms with Crippen LogP contribution in [0, 0.1) is 0 Å². The molecule has 1 aromatic rings. The SMILES string of the molecule is O=C1NCCCC[C@@H]1SC[C@H](O)c1ccccc1. The summed E-state index contributed by atoms with van der Waals surface area (Å²) in [5.41, 5.74) is 0.916. The van der Waals surface area contributed by atoms with E-state index >= 15 is 0 Å². The van der Waals surface area contributed by atoms with Gasteiger partial charge in [0.2, 0.25) is 5.91 Å². The molecule has 0 radical (unpaired) electrons. The fourth-order valence-electron chi connectivity index (χ4n) is 2.05. The molecule has 1 aliphatic heterocycles. The van der Waals surface area contributed by atoms with Gasteiger partial charge in [-0.1, -0.05) is 36.8 Å². The third kappa shape index (κ3) is 3.75. The Morgan fingerprint density at radius 1 is 1.33 bits per heavy atom. The van der Waals surface area contributed by atoms with Crippen molar-refractivity contribution < 1.29 is 9.90 Å². The molecule has 4 heteroatoms. The predicted molar refractivity (Wildman–Crippen MR) is 74.5 cm³/mol. The van der Waals surface area contributed by atoms with Crippen molar-refractivity contribution in [2.24, 2.45) is 0 Å². The van der Waals surface area contributed by atoms with E-state index in [1.165, 1.54) is 0 Å². The van der Waals surface area contributed by atoms with Gasteiger partial charge in [-0.05, 0) is 18.4 Å². The quantitative estimate of drug-likeness (QED) is 0.876. The van der Waals surface area contributed by atoms with Crippen LogP contribution in [-0.2, 0) is 4.79 Å². The molecule has 2 rings (SSSR count). The van der Waals surface area contributed by atoms with Crippen molar-refractivity contribution in [1.82, 2.24) is 5.32 Å². The highest BCUT2D eigenvalue weighted by molar-refractivity contribution is 8.00. The van der Waals surface area contributed by atoms with E-state index in [1.807, 2.05) is 30.3 Å². The lowest BCUT2D eigenvalue weighted by molar-refractivity contribution is -0.120. The number of aliphatic hydroxyl groups excluding tert-OH is 1. The molecular formula is C14H19NO2S. The van der Waals surface area contributed by atoms with Gasteiger partial charge in [-0.3, -0.25) is 4.79 Å². The lowest BCUT2D eigenvalue weighted by Gasteiger charge is -2.16. The van der Waals surface area contributed by atoms with Crippen molar-refractivity contribution in [3.8, 4) is 0 Å². The molecule has 1 aliphatic rings. The van der Waals surface area contributed by atoms with Crippen molar-refractivity contribution in [1.29, 1.82) is 0 Å². The van der Waals surface area contributed by atoms with Crippen LogP contribution in [0.5, 0.6) is 0 Å². The first kappa shape index (κ1) is 13.4. The van der Waals surface area contributed by atoms with E-state index in [-0.39, 0.29) is 11.2 Å². The highest BCUT2D eigenvalue weighted by Crippen LogP contribution is 2.25. The average molecular weight is 265 g/mol. The molecule has 18 heavy (non-hydrogen) atoms. The van der Waals surface area contributed by atoms with Gasteiger partial charge in [0, 0.05) is 12.3 Å². The summed E-state index contributed by atoms with van der Waals surface area (Å²) in [5, 5.41) is 13.0. The van der Waals surface area contributed by atoms with Gasteiger partial charge in [0.05, 0.1) is 11.4 Å². The molecule has 1 fully saturated rings. The smallest absolute Gasteiger partial charge is 0.233 e. The molecular weight excluding hydrogens is 246 g/mol. The number of aliphatic hydroxyl groups is 1. The fourth-order valence-corrected chi connectivity index (χ4v) is 3.22. The number of carbonyl (C=O) groups is 1. The van der Waals surface area contributed by atoms with Gasteiger partial charge in [0.25, 0.3) is 0 Å². The van der Waals surface area contributed by atoms with Crippen LogP contribution in [0.4, 0.5) is 0 Å². The molecule has 0 unspecified atom stereocenters. The van der Waals surface area contributed by atoms with Gasteiger partial charge in [-0.2, -0.15) is 0 Å². The van der Waals surface area contributed by atoms with E-state index in [9.17, 15) is 9.90 Å². The van der Waals surface area contributed by atoms with Crippen LogP contribution in [0.25, 0.3) is 0 Å². The predicted octanol–water partition coefficient (Wildman–Crippen LogP) is 2.12. The molecule has 0 saturated carbocycles. The van der Waals surface area contributed by atoms with E-state index in [0.29, 0.717) is 5.75 Å². The van der Waals surface area contributed by atoms with Crippen LogP contribution in [0.2, 0.25) is 0 Å². The summed E-state index contributed by atoms with van der Waals surface area (Å²) in [6, 6.07) is 9.60. The van der Waals surface area contributed by atoms with Crippen LogP contribution in [0.3, 0.4) is 0 Å². The normalized spacial score (nSPS) is 22.1. The number of amides is 1. The Labute approximate surface area is 112 Å². The first-order valence-electron chi connectivity index (χ1n) is 6.39. The number of hydrogen-bond acceptors (Lipinski definition) is 3. The lowest BCUT2D eigenvalue weighted by Crippen LogP contribution is -2.31. The average Bonchev–Trinajstić information content (AvgIpc) is 2.62. The highest BCUT2D eigenvalue weighted by atomic mass is 32.2. The summed E-state index contributed by atoms with van der Waals surface area (Å²) in [5.74, 6) is 0.694. The first-order valence-corrected chi connectivity index (χ1v) is 7.44. The molecule has 0 bridgehead atoms. The van der Waals surface area contributed by atoms with Crippen LogP contribution in [-0.4, -0.2) is 28.6 Å². The maximum Gasteiger partial charge on any atom is 0.233 e. The van der Waals surface area contributed by atoms with Crippen molar-refractivity contribution in [2.45, 2.75) is 30.6 Å². The Kier molecular flexibility index (Phi) is 5.08. The standard InChI is InChI=1S/C14H19NO2S/c16-12(11-6-2-1-3-7-11)10-18-13-8-4-5-9-15-14(13)17/h1-3,6-7,12-13,16H,4-5,8-10H2,(H,15,17)/t12-,13-/m0/s1. The molecule has 1 amide bonds. The third-order valence-electron chi connectivity index (χ3n) is 3.12. The molecule has 0 spiro atoms. The molecule has 3 nitrogen and oxygen atoms in total. The van der Waals surface area contributed by atoms with Gasteiger partial charge in [-0.15, -0.1) is 11.8 Å². The molecule has 1 heterocycles.